The summed E-state index contributed by atoms with van der Waals surface area (Å²) in [5.74, 6) is 0. The fourth-order valence-corrected chi connectivity index (χ4v) is 2.49. The van der Waals surface area contributed by atoms with Gasteiger partial charge in [-0.05, 0) is 59.8 Å². The minimum atomic E-state index is 0.148. The van der Waals surface area contributed by atoms with Crippen LogP contribution in [0.5, 0.6) is 0 Å². The summed E-state index contributed by atoms with van der Waals surface area (Å²) in [6.45, 7) is 8.50. The molecule has 0 aliphatic carbocycles. The van der Waals surface area contributed by atoms with Gasteiger partial charge in [-0.2, -0.15) is 12.6 Å². The smallest absolute Gasteiger partial charge is 0.0639 e. The Labute approximate surface area is 148 Å². The molecular formula is C20H34O2S. The molecule has 0 saturated carbocycles. The maximum Gasteiger partial charge on any atom is 0.0639 e. The van der Waals surface area contributed by atoms with E-state index in [1.165, 1.54) is 11.1 Å². The van der Waals surface area contributed by atoms with E-state index in [9.17, 15) is 0 Å². The zero-order valence-corrected chi connectivity index (χ0v) is 16.1. The molecule has 132 valence electrons. The highest BCUT2D eigenvalue weighted by atomic mass is 32.1. The zero-order valence-electron chi connectivity index (χ0n) is 15.2. The van der Waals surface area contributed by atoms with Gasteiger partial charge in [-0.25, -0.2) is 0 Å². The van der Waals surface area contributed by atoms with Crippen molar-refractivity contribution in [1.29, 1.82) is 0 Å². The topological polar surface area (TPSA) is 40.5 Å². The number of thiol groups is 1. The van der Waals surface area contributed by atoms with Crippen molar-refractivity contribution in [2.75, 3.05) is 13.2 Å². The molecule has 0 amide bonds. The average molecular weight is 339 g/mol. The van der Waals surface area contributed by atoms with Crippen molar-refractivity contribution < 1.29 is 10.2 Å². The Morgan fingerprint density at radius 1 is 0.783 bits per heavy atom. The van der Waals surface area contributed by atoms with Crippen LogP contribution in [0, 0.1) is 0 Å². The number of hydrogen-bond acceptors (Lipinski definition) is 3. The van der Waals surface area contributed by atoms with Crippen LogP contribution in [0.25, 0.3) is 0 Å². The maximum absolute atomic E-state index is 8.96. The fourth-order valence-electron chi connectivity index (χ4n) is 2.13. The van der Waals surface area contributed by atoms with E-state index in [4.69, 9.17) is 10.2 Å². The minimum absolute atomic E-state index is 0.148. The summed E-state index contributed by atoms with van der Waals surface area (Å²) in [6.07, 6.45) is 13.6. The first-order chi connectivity index (χ1) is 10.9. The summed E-state index contributed by atoms with van der Waals surface area (Å²) in [4.78, 5) is 0. The lowest BCUT2D eigenvalue weighted by Gasteiger charge is -2.06. The van der Waals surface area contributed by atoms with E-state index in [1.807, 2.05) is 13.8 Å². The van der Waals surface area contributed by atoms with Crippen molar-refractivity contribution in [3.63, 3.8) is 0 Å². The third-order valence-electron chi connectivity index (χ3n) is 3.75. The number of hydrogen-bond donors (Lipinski definition) is 3. The number of allylic oxidation sites excluding steroid dienone is 5. The molecule has 0 heterocycles. The molecule has 0 radical (unpaired) electrons. The van der Waals surface area contributed by atoms with Gasteiger partial charge in [0.1, 0.15) is 0 Å². The van der Waals surface area contributed by atoms with Gasteiger partial charge in [0.05, 0.1) is 13.2 Å². The lowest BCUT2D eigenvalue weighted by Crippen LogP contribution is -1.94. The van der Waals surface area contributed by atoms with E-state index in [0.29, 0.717) is 0 Å². The second-order valence-corrected chi connectivity index (χ2v) is 7.02. The second-order valence-electron chi connectivity index (χ2n) is 6.36. The lowest BCUT2D eigenvalue weighted by atomic mass is 10.1. The summed E-state index contributed by atoms with van der Waals surface area (Å²) in [6, 6.07) is 0. The van der Waals surface area contributed by atoms with Gasteiger partial charge < -0.3 is 10.2 Å². The quantitative estimate of drug-likeness (QED) is 0.366. The summed E-state index contributed by atoms with van der Waals surface area (Å²) in [5, 5.41) is 18.2. The molecule has 0 bridgehead atoms. The van der Waals surface area contributed by atoms with Gasteiger partial charge >= 0.3 is 0 Å². The summed E-state index contributed by atoms with van der Waals surface area (Å²) in [7, 11) is 0. The highest BCUT2D eigenvalue weighted by molar-refractivity contribution is 7.81. The van der Waals surface area contributed by atoms with E-state index in [0.717, 1.165) is 43.3 Å². The van der Waals surface area contributed by atoms with Gasteiger partial charge in [-0.3, -0.25) is 0 Å². The van der Waals surface area contributed by atoms with Crippen molar-refractivity contribution in [2.24, 2.45) is 0 Å². The minimum Gasteiger partial charge on any atom is -0.392 e. The van der Waals surface area contributed by atoms with Gasteiger partial charge in [-0.15, -0.1) is 0 Å². The number of rotatable bonds is 11. The van der Waals surface area contributed by atoms with E-state index in [1.54, 1.807) is 0 Å². The Hall–Kier alpha value is -0.770. The molecule has 0 spiro atoms. The molecule has 0 aliphatic rings. The van der Waals surface area contributed by atoms with Crippen LogP contribution in [0.2, 0.25) is 0 Å². The zero-order chi connectivity index (χ0) is 17.7. The molecule has 0 fully saturated rings. The standard InChI is InChI=1S/C20H34O2S/c1-16(7-5-9-18(3)14-21)11-12-20(23)13-17(2)8-6-10-19(4)15-22/h9-11,13,20-23H,5-8,12,14-15H2,1-4H3/b16-11+,17-13+,18-9+,19-10+. The average Bonchev–Trinajstić information content (AvgIpc) is 2.52. The van der Waals surface area contributed by atoms with Gasteiger partial charge in [-0.1, -0.05) is 46.6 Å². The molecule has 0 aromatic heterocycles. The first-order valence-electron chi connectivity index (χ1n) is 8.43. The Morgan fingerprint density at radius 3 is 1.74 bits per heavy atom. The molecule has 2 N–H and O–H groups in total. The molecule has 1 atom stereocenters. The molecule has 3 heteroatoms. The van der Waals surface area contributed by atoms with Crippen molar-refractivity contribution in [3.05, 3.63) is 46.6 Å². The molecule has 2 nitrogen and oxygen atoms in total. The fraction of sp³-hybridized carbons (Fsp3) is 0.600. The SMILES string of the molecule is C/C(=C\CC/C(C)=C/CC(S)/C=C(\C)CC/C=C(\C)CO)CO. The second kappa shape index (κ2) is 13.6. The first-order valence-corrected chi connectivity index (χ1v) is 8.94. The van der Waals surface area contributed by atoms with Crippen molar-refractivity contribution in [1.82, 2.24) is 0 Å². The van der Waals surface area contributed by atoms with E-state index >= 15 is 0 Å². The molecule has 0 aromatic rings. The molecule has 23 heavy (non-hydrogen) atoms. The number of aliphatic hydroxyl groups is 2. The maximum atomic E-state index is 8.96. The van der Waals surface area contributed by atoms with E-state index in [2.05, 4.69) is 50.8 Å². The third-order valence-corrected chi connectivity index (χ3v) is 4.11. The van der Waals surface area contributed by atoms with Crippen molar-refractivity contribution in [2.45, 2.75) is 65.0 Å². The van der Waals surface area contributed by atoms with Crippen LogP contribution in [0.15, 0.2) is 46.6 Å². The first kappa shape index (κ1) is 22.2. The summed E-state index contributed by atoms with van der Waals surface area (Å²) < 4.78 is 0. The summed E-state index contributed by atoms with van der Waals surface area (Å²) in [5.41, 5.74) is 4.79. The highest BCUT2D eigenvalue weighted by Gasteiger charge is 1.99. The van der Waals surface area contributed by atoms with Gasteiger partial charge in [0.2, 0.25) is 0 Å². The van der Waals surface area contributed by atoms with Crippen molar-refractivity contribution >= 4 is 12.6 Å². The molecule has 0 saturated heterocycles. The lowest BCUT2D eigenvalue weighted by molar-refractivity contribution is 0.330. The largest absolute Gasteiger partial charge is 0.392 e. The van der Waals surface area contributed by atoms with Crippen molar-refractivity contribution in [3.8, 4) is 0 Å². The third kappa shape index (κ3) is 13.4. The van der Waals surface area contributed by atoms with Crippen LogP contribution >= 0.6 is 12.6 Å². The van der Waals surface area contributed by atoms with Crippen LogP contribution in [-0.4, -0.2) is 28.7 Å². The van der Waals surface area contributed by atoms with Gasteiger partial charge in [0, 0.05) is 5.25 Å². The van der Waals surface area contributed by atoms with Crippen LogP contribution in [0.3, 0.4) is 0 Å². The molecule has 1 unspecified atom stereocenters. The Bertz CT molecular complexity index is 445. The molecule has 0 aliphatic heterocycles. The van der Waals surface area contributed by atoms with Crippen LogP contribution in [0.1, 0.15) is 59.8 Å². The molecule has 0 aromatic carbocycles. The normalized spacial score (nSPS) is 16.0. The highest BCUT2D eigenvalue weighted by Crippen LogP contribution is 2.15. The van der Waals surface area contributed by atoms with E-state index < -0.39 is 0 Å². The van der Waals surface area contributed by atoms with E-state index in [-0.39, 0.29) is 18.5 Å². The van der Waals surface area contributed by atoms with Crippen LogP contribution < -0.4 is 0 Å². The molecule has 0 rings (SSSR count). The van der Waals surface area contributed by atoms with Crippen LogP contribution in [-0.2, 0) is 0 Å². The Kier molecular flexibility index (Phi) is 13.2. The summed E-state index contributed by atoms with van der Waals surface area (Å²) >= 11 is 4.64. The van der Waals surface area contributed by atoms with Gasteiger partial charge in [0.15, 0.2) is 0 Å². The predicted molar refractivity (Wildman–Crippen MR) is 105 cm³/mol. The Balaban J connectivity index is 4.18. The van der Waals surface area contributed by atoms with Gasteiger partial charge in [0.25, 0.3) is 0 Å². The monoisotopic (exact) mass is 338 g/mol. The number of aliphatic hydroxyl groups excluding tert-OH is 2. The van der Waals surface area contributed by atoms with Crippen LogP contribution in [0.4, 0.5) is 0 Å². The Morgan fingerprint density at radius 2 is 1.26 bits per heavy atom. The predicted octanol–water partition coefficient (Wildman–Crippen LogP) is 5.01. The molecular weight excluding hydrogens is 304 g/mol.